The molecule has 1 heteroatoms. The molecule has 0 aromatic rings. The van der Waals surface area contributed by atoms with Crippen LogP contribution in [0.3, 0.4) is 0 Å². The molecule has 0 amide bonds. The van der Waals surface area contributed by atoms with Crippen LogP contribution in [0.4, 0.5) is 0 Å². The van der Waals surface area contributed by atoms with E-state index in [0.717, 1.165) is 107 Å². The maximum Gasteiger partial charge on any atom is 0.0161 e. The highest BCUT2D eigenvalue weighted by atomic mass is 15.2. The molecule has 0 N–H and O–H groups in total. The molecule has 18 atom stereocenters. The Labute approximate surface area is 351 Å². The molecule has 0 saturated heterocycles. The van der Waals surface area contributed by atoms with Crippen LogP contribution >= 0.6 is 0 Å². The standard InChI is InChI=1S/C56H87N/c1-2-57-55-31-27-37(35-53-49-23-11-7-19-45(49)41-15-3-4-16-42(41)46-20-8-12-24-50(46)53)33-39(55)29-30-40-34-38(28-32-56(40)57)36-54-51-25-13-9-21-47(51)43-17-5-6-18-44(43)48-22-10-14-26-52(48)54/h29-30,35-52,55-56H,2-28,31-34H2,1H3. The van der Waals surface area contributed by atoms with Gasteiger partial charge in [0.1, 0.15) is 0 Å². The van der Waals surface area contributed by atoms with Crippen LogP contribution < -0.4 is 0 Å². The zero-order valence-electron chi connectivity index (χ0n) is 37.1. The molecule has 10 fully saturated rings. The third-order valence-corrected chi connectivity index (χ3v) is 21.4. The Morgan fingerprint density at radius 1 is 0.386 bits per heavy atom. The van der Waals surface area contributed by atoms with Crippen LogP contribution in [0.5, 0.6) is 0 Å². The van der Waals surface area contributed by atoms with Gasteiger partial charge in [0.05, 0.1) is 0 Å². The van der Waals surface area contributed by atoms with Crippen LogP contribution in [0, 0.1) is 94.7 Å². The monoisotopic (exact) mass is 774 g/mol. The van der Waals surface area contributed by atoms with Crippen molar-refractivity contribution in [2.75, 3.05) is 6.54 Å². The van der Waals surface area contributed by atoms with Crippen LogP contribution in [0.25, 0.3) is 0 Å². The Balaban J connectivity index is 0.848. The first-order valence-electron chi connectivity index (χ1n) is 27.1. The molecule has 0 spiro atoms. The fraction of sp³-hybridized carbons (Fsp3) is 0.893. The minimum absolute atomic E-state index is 0.775. The molecule has 1 heterocycles. The maximum atomic E-state index is 3.12. The second kappa shape index (κ2) is 17.2. The van der Waals surface area contributed by atoms with E-state index in [1.807, 2.05) is 0 Å². The smallest absolute Gasteiger partial charge is 0.0161 e. The number of hydrogen-bond donors (Lipinski definition) is 0. The molecule has 57 heavy (non-hydrogen) atoms. The maximum absolute atomic E-state index is 3.12. The molecule has 18 unspecified atom stereocenters. The topological polar surface area (TPSA) is 3.24 Å². The summed E-state index contributed by atoms with van der Waals surface area (Å²) >= 11 is 0. The zero-order chi connectivity index (χ0) is 37.9. The Bertz CT molecular complexity index is 1290. The van der Waals surface area contributed by atoms with Gasteiger partial charge in [0.25, 0.3) is 0 Å². The summed E-state index contributed by atoms with van der Waals surface area (Å²) in [6, 6.07) is 1.59. The Hall–Kier alpha value is -0.820. The van der Waals surface area contributed by atoms with Crippen molar-refractivity contribution in [2.45, 2.75) is 212 Å². The molecule has 1 aliphatic heterocycles. The van der Waals surface area contributed by atoms with E-state index in [1.165, 1.54) is 148 Å². The first-order valence-corrected chi connectivity index (χ1v) is 27.1. The Morgan fingerprint density at radius 2 is 0.684 bits per heavy atom. The van der Waals surface area contributed by atoms with E-state index in [1.54, 1.807) is 51.4 Å². The lowest BCUT2D eigenvalue weighted by Crippen LogP contribution is -2.51. The van der Waals surface area contributed by atoms with Gasteiger partial charge in [-0.05, 0) is 217 Å². The number of rotatable bonds is 3. The summed E-state index contributed by atoms with van der Waals surface area (Å²) in [5, 5.41) is 0. The lowest BCUT2D eigenvalue weighted by molar-refractivity contribution is 0.0411. The third kappa shape index (κ3) is 7.30. The SMILES string of the molecule is CCN1C2CCC(C=C3C4CCCCC4C4CCCCC4C4CCCCC34)CC2C=CC2CC(C=C3C4CCCCC4C4CCCCC4C4CCCCC34)CCC21. The van der Waals surface area contributed by atoms with Crippen molar-refractivity contribution in [1.82, 2.24) is 4.90 Å². The second-order valence-corrected chi connectivity index (χ2v) is 23.6. The summed E-state index contributed by atoms with van der Waals surface area (Å²) in [5.41, 5.74) is 4.16. The van der Waals surface area contributed by atoms with Crippen molar-refractivity contribution in [2.24, 2.45) is 94.7 Å². The highest BCUT2D eigenvalue weighted by Gasteiger charge is 2.52. The predicted molar refractivity (Wildman–Crippen MR) is 240 cm³/mol. The van der Waals surface area contributed by atoms with E-state index < -0.39 is 0 Å². The van der Waals surface area contributed by atoms with Gasteiger partial charge in [-0.1, -0.05) is 119 Å². The van der Waals surface area contributed by atoms with Gasteiger partial charge in [-0.2, -0.15) is 0 Å². The molecule has 10 aliphatic carbocycles. The van der Waals surface area contributed by atoms with Crippen molar-refractivity contribution in [3.8, 4) is 0 Å². The summed E-state index contributed by atoms with van der Waals surface area (Å²) in [6.07, 6.45) is 57.7. The van der Waals surface area contributed by atoms with Crippen molar-refractivity contribution in [3.05, 3.63) is 35.5 Å². The number of hydrogen-bond acceptors (Lipinski definition) is 1. The van der Waals surface area contributed by atoms with Gasteiger partial charge in [-0.25, -0.2) is 0 Å². The normalized spacial score (nSPS) is 50.1. The molecule has 11 rings (SSSR count). The van der Waals surface area contributed by atoms with Crippen LogP contribution in [0.2, 0.25) is 0 Å². The van der Waals surface area contributed by atoms with E-state index in [4.69, 9.17) is 0 Å². The summed E-state index contributed by atoms with van der Waals surface area (Å²) in [4.78, 5) is 3.12. The Kier molecular flexibility index (Phi) is 11.8. The van der Waals surface area contributed by atoms with Gasteiger partial charge in [-0.15, -0.1) is 0 Å². The third-order valence-electron chi connectivity index (χ3n) is 21.4. The molecular weight excluding hydrogens is 687 g/mol. The first-order chi connectivity index (χ1) is 28.2. The molecule has 0 aromatic carbocycles. The molecule has 0 radical (unpaired) electrons. The fourth-order valence-corrected chi connectivity index (χ4v) is 19.4. The van der Waals surface area contributed by atoms with E-state index in [0.29, 0.717) is 0 Å². The van der Waals surface area contributed by atoms with Crippen LogP contribution in [0.15, 0.2) is 35.5 Å². The van der Waals surface area contributed by atoms with Crippen LogP contribution in [0.1, 0.15) is 200 Å². The highest BCUT2D eigenvalue weighted by molar-refractivity contribution is 5.24. The highest BCUT2D eigenvalue weighted by Crippen LogP contribution is 2.61. The lowest BCUT2D eigenvalue weighted by Gasteiger charge is -2.47. The minimum Gasteiger partial charge on any atom is -0.297 e. The number of fused-ring (bicyclic) bond motifs is 12. The zero-order valence-corrected chi connectivity index (χ0v) is 37.1. The molecule has 316 valence electrons. The fourth-order valence-electron chi connectivity index (χ4n) is 19.4. The summed E-state index contributed by atoms with van der Waals surface area (Å²) in [5.74, 6) is 15.4. The predicted octanol–water partition coefficient (Wildman–Crippen LogP) is 15.2. The van der Waals surface area contributed by atoms with Gasteiger partial charge in [0, 0.05) is 12.1 Å². The van der Waals surface area contributed by atoms with Crippen molar-refractivity contribution < 1.29 is 0 Å². The molecule has 1 nitrogen and oxygen atoms in total. The molecule has 11 aliphatic rings. The number of nitrogens with zero attached hydrogens (tertiary/aromatic N) is 1. The summed E-state index contributed by atoms with van der Waals surface area (Å²) in [6.45, 7) is 3.81. The number of allylic oxidation sites excluding steroid dienone is 4. The Morgan fingerprint density at radius 3 is 1.00 bits per heavy atom. The second-order valence-electron chi connectivity index (χ2n) is 23.6. The van der Waals surface area contributed by atoms with E-state index >= 15 is 0 Å². The van der Waals surface area contributed by atoms with E-state index in [2.05, 4.69) is 47.3 Å². The first kappa shape index (κ1) is 39.1. The van der Waals surface area contributed by atoms with Gasteiger partial charge >= 0.3 is 0 Å². The largest absolute Gasteiger partial charge is 0.297 e. The van der Waals surface area contributed by atoms with E-state index in [9.17, 15) is 0 Å². The molecule has 0 aromatic heterocycles. The summed E-state index contributed by atoms with van der Waals surface area (Å²) in [7, 11) is 0. The lowest BCUT2D eigenvalue weighted by atomic mass is 9.62. The van der Waals surface area contributed by atoms with Crippen molar-refractivity contribution in [3.63, 3.8) is 0 Å². The van der Waals surface area contributed by atoms with E-state index in [-0.39, 0.29) is 0 Å². The van der Waals surface area contributed by atoms with Gasteiger partial charge in [0.2, 0.25) is 0 Å². The summed E-state index contributed by atoms with van der Waals surface area (Å²) < 4.78 is 0. The average Bonchev–Trinajstić information content (AvgIpc) is 3.56. The van der Waals surface area contributed by atoms with Gasteiger partial charge in [-0.3, -0.25) is 4.90 Å². The molecule has 0 bridgehead atoms. The molecular formula is C56H87N. The van der Waals surface area contributed by atoms with Crippen LogP contribution in [-0.2, 0) is 0 Å². The van der Waals surface area contributed by atoms with Crippen LogP contribution in [-0.4, -0.2) is 23.5 Å². The van der Waals surface area contributed by atoms with Gasteiger partial charge in [0.15, 0.2) is 0 Å². The minimum atomic E-state index is 0.775. The van der Waals surface area contributed by atoms with Gasteiger partial charge < -0.3 is 0 Å². The molecule has 10 saturated carbocycles. The van der Waals surface area contributed by atoms with Crippen molar-refractivity contribution >= 4 is 0 Å². The quantitative estimate of drug-likeness (QED) is 0.258. The average molecular weight is 774 g/mol. The van der Waals surface area contributed by atoms with Crippen molar-refractivity contribution in [1.29, 1.82) is 0 Å².